The second kappa shape index (κ2) is 1.87. The van der Waals surface area contributed by atoms with Crippen LogP contribution >= 0.6 is 0 Å². The minimum Gasteiger partial charge on any atom is -0.308 e. The highest BCUT2D eigenvalue weighted by Gasteiger charge is 1.95. The molecule has 0 aromatic heterocycles. The van der Waals surface area contributed by atoms with E-state index in [1.807, 2.05) is 0 Å². The molecule has 0 amide bonds. The zero-order chi connectivity index (χ0) is 6.04. The maximum atomic E-state index is 10.8. The van der Waals surface area contributed by atoms with Crippen molar-refractivity contribution in [1.29, 1.82) is 0 Å². The molecule has 0 aromatic rings. The Hall–Kier alpha value is -0.350. The summed E-state index contributed by atoms with van der Waals surface area (Å²) in [5, 5.41) is 1.47. The standard InChI is InChI=1S/C4H5NOS2/c6-8(7)4-2-1-3-5-8/h1-5H. The number of rotatable bonds is 0. The topological polar surface area (TPSA) is 29.1 Å². The Balaban J connectivity index is 2.98. The molecular weight excluding hydrogens is 142 g/mol. The Morgan fingerprint density at radius 2 is 2.25 bits per heavy atom. The van der Waals surface area contributed by atoms with Crippen molar-refractivity contribution >= 4 is 19.9 Å². The van der Waals surface area contributed by atoms with Gasteiger partial charge in [-0.2, -0.15) is 0 Å². The summed E-state index contributed by atoms with van der Waals surface area (Å²) < 4.78 is 13.3. The first-order chi connectivity index (χ1) is 3.71. The Kier molecular flexibility index (Phi) is 1.35. The Labute approximate surface area is 53.1 Å². The maximum absolute atomic E-state index is 10.8. The summed E-state index contributed by atoms with van der Waals surface area (Å²) in [5.74, 6) is 0. The van der Waals surface area contributed by atoms with Crippen LogP contribution < -0.4 is 4.72 Å². The average Bonchev–Trinajstić information content (AvgIpc) is 1.65. The zero-order valence-electron chi connectivity index (χ0n) is 4.03. The van der Waals surface area contributed by atoms with Gasteiger partial charge in [0.2, 0.25) is 0 Å². The molecule has 1 N–H and O–H groups in total. The van der Waals surface area contributed by atoms with Crippen LogP contribution in [0.4, 0.5) is 0 Å². The third-order valence-corrected chi connectivity index (χ3v) is 2.30. The Morgan fingerprint density at radius 3 is 2.50 bits per heavy atom. The third-order valence-electron chi connectivity index (χ3n) is 0.697. The molecule has 0 radical (unpaired) electrons. The summed E-state index contributed by atoms with van der Waals surface area (Å²) in [4.78, 5) is 0. The molecule has 1 rings (SSSR count). The smallest absolute Gasteiger partial charge is 0.132 e. The highest BCUT2D eigenvalue weighted by atomic mass is 32.8. The van der Waals surface area contributed by atoms with E-state index in [-0.39, 0.29) is 0 Å². The van der Waals surface area contributed by atoms with Gasteiger partial charge in [0.15, 0.2) is 0 Å². The second-order valence-corrected chi connectivity index (χ2v) is 4.43. The van der Waals surface area contributed by atoms with Crippen molar-refractivity contribution in [1.82, 2.24) is 4.72 Å². The van der Waals surface area contributed by atoms with E-state index >= 15 is 0 Å². The fraction of sp³-hybridized carbons (Fsp3) is 0. The number of nitrogens with one attached hydrogen (secondary N) is 1. The quantitative estimate of drug-likeness (QED) is 0.533. The molecule has 0 bridgehead atoms. The van der Waals surface area contributed by atoms with Crippen LogP contribution in [0.2, 0.25) is 0 Å². The summed E-state index contributed by atoms with van der Waals surface area (Å²) in [6.45, 7) is 0. The van der Waals surface area contributed by atoms with Crippen molar-refractivity contribution in [2.24, 2.45) is 0 Å². The van der Waals surface area contributed by atoms with E-state index in [0.717, 1.165) is 0 Å². The van der Waals surface area contributed by atoms with Gasteiger partial charge < -0.3 is 4.72 Å². The lowest BCUT2D eigenvalue weighted by atomic mass is 10.6. The molecule has 0 fully saturated rings. The number of hydrogen-bond acceptors (Lipinski definition) is 2. The maximum Gasteiger partial charge on any atom is 0.132 e. The molecule has 4 heteroatoms. The first-order valence-corrected chi connectivity index (χ1v) is 4.61. The lowest BCUT2D eigenvalue weighted by Crippen LogP contribution is -2.14. The van der Waals surface area contributed by atoms with Crippen LogP contribution in [-0.4, -0.2) is 4.21 Å². The van der Waals surface area contributed by atoms with Crippen LogP contribution in [0, 0.1) is 0 Å². The molecule has 1 atom stereocenters. The van der Waals surface area contributed by atoms with Gasteiger partial charge in [-0.25, -0.2) is 4.21 Å². The van der Waals surface area contributed by atoms with Crippen LogP contribution in [0.25, 0.3) is 0 Å². The monoisotopic (exact) mass is 147 g/mol. The second-order valence-electron chi connectivity index (χ2n) is 1.35. The molecular formula is C4H5NOS2. The van der Waals surface area contributed by atoms with E-state index in [1.54, 1.807) is 18.4 Å². The minimum absolute atomic E-state index is 1.47. The first-order valence-electron chi connectivity index (χ1n) is 2.06. The number of hydrogen-bond donors (Lipinski definition) is 1. The van der Waals surface area contributed by atoms with Gasteiger partial charge in [-0.15, -0.1) is 0 Å². The van der Waals surface area contributed by atoms with Gasteiger partial charge in [0.25, 0.3) is 0 Å². The largest absolute Gasteiger partial charge is 0.308 e. The predicted octanol–water partition coefficient (Wildman–Crippen LogP) is 0.278. The molecule has 0 aliphatic carbocycles. The summed E-state index contributed by atoms with van der Waals surface area (Å²) >= 11 is 4.57. The summed E-state index contributed by atoms with van der Waals surface area (Å²) in [7, 11) is -2.27. The lowest BCUT2D eigenvalue weighted by molar-refractivity contribution is 0.683. The SMILES string of the molecule is O=S1(=S)C=CC=CN1. The summed E-state index contributed by atoms with van der Waals surface area (Å²) in [6.07, 6.45) is 5.00. The molecule has 8 heavy (non-hydrogen) atoms. The molecule has 1 heterocycles. The first kappa shape index (κ1) is 5.78. The van der Waals surface area contributed by atoms with E-state index in [1.165, 1.54) is 5.41 Å². The van der Waals surface area contributed by atoms with Crippen LogP contribution in [-0.2, 0) is 19.9 Å². The van der Waals surface area contributed by atoms with Gasteiger partial charge >= 0.3 is 0 Å². The van der Waals surface area contributed by atoms with Gasteiger partial charge in [-0.05, 0) is 12.2 Å². The third kappa shape index (κ3) is 1.31. The minimum atomic E-state index is -2.27. The van der Waals surface area contributed by atoms with E-state index in [0.29, 0.717) is 0 Å². The zero-order valence-corrected chi connectivity index (χ0v) is 5.67. The van der Waals surface area contributed by atoms with Crippen LogP contribution in [0.3, 0.4) is 0 Å². The van der Waals surface area contributed by atoms with Gasteiger partial charge in [0, 0.05) is 22.8 Å². The van der Waals surface area contributed by atoms with E-state index in [9.17, 15) is 4.21 Å². The van der Waals surface area contributed by atoms with Gasteiger partial charge in [-0.1, -0.05) is 0 Å². The van der Waals surface area contributed by atoms with Crippen LogP contribution in [0.1, 0.15) is 0 Å². The predicted molar refractivity (Wildman–Crippen MR) is 36.9 cm³/mol. The molecule has 0 spiro atoms. The molecule has 0 saturated heterocycles. The molecule has 2 nitrogen and oxygen atoms in total. The van der Waals surface area contributed by atoms with Crippen molar-refractivity contribution in [3.63, 3.8) is 0 Å². The molecule has 1 aliphatic heterocycles. The van der Waals surface area contributed by atoms with Crippen molar-refractivity contribution < 1.29 is 4.21 Å². The van der Waals surface area contributed by atoms with Crippen LogP contribution in [0.15, 0.2) is 23.8 Å². The van der Waals surface area contributed by atoms with E-state index < -0.39 is 8.68 Å². The van der Waals surface area contributed by atoms with E-state index in [4.69, 9.17) is 0 Å². The Bertz CT molecular complexity index is 224. The highest BCUT2D eigenvalue weighted by Crippen LogP contribution is 1.93. The fourth-order valence-electron chi connectivity index (χ4n) is 0.378. The van der Waals surface area contributed by atoms with Crippen molar-refractivity contribution in [2.45, 2.75) is 0 Å². The van der Waals surface area contributed by atoms with Gasteiger partial charge in [0.1, 0.15) is 8.68 Å². The normalized spacial score (nSPS) is 34.5. The van der Waals surface area contributed by atoms with Crippen molar-refractivity contribution in [3.05, 3.63) is 23.8 Å². The summed E-state index contributed by atoms with van der Waals surface area (Å²) in [5.41, 5.74) is 0. The molecule has 1 aliphatic rings. The molecule has 0 saturated carbocycles. The van der Waals surface area contributed by atoms with E-state index in [2.05, 4.69) is 15.9 Å². The fourth-order valence-corrected chi connectivity index (χ4v) is 1.38. The van der Waals surface area contributed by atoms with Crippen molar-refractivity contribution in [2.75, 3.05) is 0 Å². The van der Waals surface area contributed by atoms with Gasteiger partial charge in [0.05, 0.1) is 0 Å². The van der Waals surface area contributed by atoms with Gasteiger partial charge in [-0.3, -0.25) is 0 Å². The molecule has 44 valence electrons. The Morgan fingerprint density at radius 1 is 1.50 bits per heavy atom. The average molecular weight is 147 g/mol. The van der Waals surface area contributed by atoms with Crippen LogP contribution in [0.5, 0.6) is 0 Å². The lowest BCUT2D eigenvalue weighted by Gasteiger charge is -2.01. The van der Waals surface area contributed by atoms with Crippen molar-refractivity contribution in [3.8, 4) is 0 Å². The molecule has 0 aromatic carbocycles. The molecule has 1 unspecified atom stereocenters. The summed E-state index contributed by atoms with van der Waals surface area (Å²) in [6, 6.07) is 0. The highest BCUT2D eigenvalue weighted by molar-refractivity contribution is 8.33. The number of allylic oxidation sites excluding steroid dienone is 2.